The summed E-state index contributed by atoms with van der Waals surface area (Å²) in [4.78, 5) is 27.8. The van der Waals surface area contributed by atoms with Crippen molar-refractivity contribution in [2.75, 3.05) is 25.5 Å². The summed E-state index contributed by atoms with van der Waals surface area (Å²) in [5.41, 5.74) is 0.736. The second-order valence-electron chi connectivity index (χ2n) is 6.52. The number of nitrogens with one attached hydrogen (secondary N) is 2. The Bertz CT molecular complexity index is 764. The van der Waals surface area contributed by atoms with E-state index in [0.717, 1.165) is 20.0 Å². The Morgan fingerprint density at radius 3 is 2.04 bits per heavy atom. The van der Waals surface area contributed by atoms with Crippen LogP contribution in [0.15, 0.2) is 62.8 Å². The van der Waals surface area contributed by atoms with Crippen molar-refractivity contribution in [1.82, 2.24) is 10.2 Å². The van der Waals surface area contributed by atoms with E-state index in [1.54, 1.807) is 23.7 Å². The van der Waals surface area contributed by atoms with Crippen molar-refractivity contribution in [1.29, 1.82) is 0 Å². The van der Waals surface area contributed by atoms with Crippen molar-refractivity contribution < 1.29 is 9.59 Å². The molecule has 0 fully saturated rings. The molecule has 0 radical (unpaired) electrons. The van der Waals surface area contributed by atoms with Gasteiger partial charge in [-0.3, -0.25) is 14.5 Å². The van der Waals surface area contributed by atoms with Gasteiger partial charge in [-0.2, -0.15) is 0 Å². The average molecular weight is 450 g/mol. The molecule has 0 unspecified atom stereocenters. The second kappa shape index (κ2) is 10.5. The topological polar surface area (TPSA) is 61.4 Å². The van der Waals surface area contributed by atoms with Gasteiger partial charge in [-0.1, -0.05) is 27.7 Å². The Labute approximate surface area is 173 Å². The molecule has 0 aliphatic heterocycles. The molecule has 27 heavy (non-hydrogen) atoms. The van der Waals surface area contributed by atoms with E-state index < -0.39 is 0 Å². The summed E-state index contributed by atoms with van der Waals surface area (Å²) in [7, 11) is 1.75. The fraction of sp³-hybridized carbons (Fsp3) is 0.300. The van der Waals surface area contributed by atoms with Crippen LogP contribution in [0.2, 0.25) is 0 Å². The van der Waals surface area contributed by atoms with Crippen LogP contribution in [0.1, 0.15) is 13.8 Å². The van der Waals surface area contributed by atoms with E-state index >= 15 is 0 Å². The first-order valence-electron chi connectivity index (χ1n) is 8.63. The fourth-order valence-corrected chi connectivity index (χ4v) is 3.44. The van der Waals surface area contributed by atoms with Gasteiger partial charge in [0, 0.05) is 26.0 Å². The zero-order chi connectivity index (χ0) is 19.8. The normalized spacial score (nSPS) is 10.9. The predicted octanol–water partition coefficient (Wildman–Crippen LogP) is 4.00. The zero-order valence-corrected chi connectivity index (χ0v) is 18.1. The van der Waals surface area contributed by atoms with Gasteiger partial charge in [0.15, 0.2) is 0 Å². The van der Waals surface area contributed by atoms with Gasteiger partial charge in [0.05, 0.1) is 13.1 Å². The lowest BCUT2D eigenvalue weighted by molar-refractivity contribution is -0.123. The smallest absolute Gasteiger partial charge is 0.238 e. The van der Waals surface area contributed by atoms with Crippen molar-refractivity contribution in [3.8, 4) is 0 Å². The van der Waals surface area contributed by atoms with Crippen LogP contribution in [-0.4, -0.2) is 42.9 Å². The SMILES string of the molecule is CC(C)NC(=O)CN(C)CC(=O)Nc1ccc(Sc2ccc(Br)cc2)cc1. The van der Waals surface area contributed by atoms with Crippen LogP contribution in [0.3, 0.4) is 0 Å². The van der Waals surface area contributed by atoms with Crippen molar-refractivity contribution in [2.24, 2.45) is 0 Å². The van der Waals surface area contributed by atoms with Gasteiger partial charge in [0.25, 0.3) is 0 Å². The Balaban J connectivity index is 1.82. The van der Waals surface area contributed by atoms with Gasteiger partial charge < -0.3 is 10.6 Å². The van der Waals surface area contributed by atoms with Gasteiger partial charge in [-0.15, -0.1) is 0 Å². The molecule has 0 saturated carbocycles. The lowest BCUT2D eigenvalue weighted by Gasteiger charge is -2.17. The highest BCUT2D eigenvalue weighted by molar-refractivity contribution is 9.10. The van der Waals surface area contributed by atoms with Gasteiger partial charge in [-0.05, 0) is 69.4 Å². The fourth-order valence-electron chi connectivity index (χ4n) is 2.36. The molecule has 2 N–H and O–H groups in total. The summed E-state index contributed by atoms with van der Waals surface area (Å²) < 4.78 is 1.05. The summed E-state index contributed by atoms with van der Waals surface area (Å²) in [5, 5.41) is 5.67. The number of benzene rings is 2. The third-order valence-electron chi connectivity index (χ3n) is 3.46. The number of rotatable bonds is 8. The lowest BCUT2D eigenvalue weighted by Crippen LogP contribution is -2.41. The molecule has 2 rings (SSSR count). The van der Waals surface area contributed by atoms with Crippen molar-refractivity contribution in [2.45, 2.75) is 29.7 Å². The highest BCUT2D eigenvalue weighted by Gasteiger charge is 2.11. The first kappa shape index (κ1) is 21.5. The summed E-state index contributed by atoms with van der Waals surface area (Å²) in [6, 6.07) is 15.9. The van der Waals surface area contributed by atoms with E-state index in [4.69, 9.17) is 0 Å². The van der Waals surface area contributed by atoms with Crippen LogP contribution in [-0.2, 0) is 9.59 Å². The minimum Gasteiger partial charge on any atom is -0.353 e. The number of likely N-dealkylation sites (N-methyl/N-ethyl adjacent to an activating group) is 1. The van der Waals surface area contributed by atoms with Crippen LogP contribution >= 0.6 is 27.7 Å². The number of hydrogen-bond donors (Lipinski definition) is 2. The number of carbonyl (C=O) groups excluding carboxylic acids is 2. The predicted molar refractivity (Wildman–Crippen MR) is 114 cm³/mol. The van der Waals surface area contributed by atoms with Gasteiger partial charge in [0.1, 0.15) is 0 Å². The van der Waals surface area contributed by atoms with Gasteiger partial charge in [-0.25, -0.2) is 0 Å². The summed E-state index contributed by atoms with van der Waals surface area (Å²) in [6.07, 6.45) is 0. The van der Waals surface area contributed by atoms with Crippen LogP contribution < -0.4 is 10.6 Å². The Morgan fingerprint density at radius 1 is 0.963 bits per heavy atom. The third kappa shape index (κ3) is 8.15. The molecule has 0 spiro atoms. The molecule has 2 aromatic rings. The van der Waals surface area contributed by atoms with E-state index in [9.17, 15) is 9.59 Å². The molecular weight excluding hydrogens is 426 g/mol. The van der Waals surface area contributed by atoms with E-state index in [2.05, 4.69) is 38.7 Å². The van der Waals surface area contributed by atoms with E-state index in [1.807, 2.05) is 50.2 Å². The van der Waals surface area contributed by atoms with Crippen molar-refractivity contribution >= 4 is 45.2 Å². The Kier molecular flexibility index (Phi) is 8.34. The molecule has 0 atom stereocenters. The Morgan fingerprint density at radius 2 is 1.48 bits per heavy atom. The molecule has 0 saturated heterocycles. The second-order valence-corrected chi connectivity index (χ2v) is 8.59. The molecule has 5 nitrogen and oxygen atoms in total. The molecule has 2 amide bonds. The monoisotopic (exact) mass is 449 g/mol. The van der Waals surface area contributed by atoms with Crippen LogP contribution in [0.25, 0.3) is 0 Å². The number of nitrogens with zero attached hydrogens (tertiary/aromatic N) is 1. The van der Waals surface area contributed by atoms with Crippen molar-refractivity contribution in [3.05, 3.63) is 53.0 Å². The minimum absolute atomic E-state index is 0.0883. The summed E-state index contributed by atoms with van der Waals surface area (Å²) in [5.74, 6) is -0.238. The zero-order valence-electron chi connectivity index (χ0n) is 15.7. The third-order valence-corrected chi connectivity index (χ3v) is 5.01. The number of carbonyl (C=O) groups is 2. The summed E-state index contributed by atoms with van der Waals surface area (Å²) >= 11 is 5.09. The average Bonchev–Trinajstić information content (AvgIpc) is 2.57. The van der Waals surface area contributed by atoms with Crippen LogP contribution in [0.4, 0.5) is 5.69 Å². The molecular formula is C20H24BrN3O2S. The molecule has 0 aliphatic carbocycles. The first-order valence-corrected chi connectivity index (χ1v) is 10.2. The molecule has 0 aromatic heterocycles. The molecule has 7 heteroatoms. The molecule has 0 heterocycles. The molecule has 2 aromatic carbocycles. The number of halogens is 1. The summed E-state index contributed by atoms with van der Waals surface area (Å²) in [6.45, 7) is 4.15. The molecule has 0 bridgehead atoms. The maximum atomic E-state index is 12.1. The van der Waals surface area contributed by atoms with Crippen molar-refractivity contribution in [3.63, 3.8) is 0 Å². The quantitative estimate of drug-likeness (QED) is 0.639. The first-order chi connectivity index (χ1) is 12.8. The lowest BCUT2D eigenvalue weighted by atomic mass is 10.3. The van der Waals surface area contributed by atoms with E-state index in [1.165, 1.54) is 0 Å². The van der Waals surface area contributed by atoms with Gasteiger partial charge in [0.2, 0.25) is 11.8 Å². The maximum Gasteiger partial charge on any atom is 0.238 e. The maximum absolute atomic E-state index is 12.1. The van der Waals surface area contributed by atoms with Gasteiger partial charge >= 0.3 is 0 Å². The number of amides is 2. The largest absolute Gasteiger partial charge is 0.353 e. The number of anilines is 1. The number of hydrogen-bond acceptors (Lipinski definition) is 4. The van der Waals surface area contributed by atoms with E-state index in [-0.39, 0.29) is 30.9 Å². The van der Waals surface area contributed by atoms with E-state index in [0.29, 0.717) is 0 Å². The Hall–Kier alpha value is -1.83. The minimum atomic E-state index is -0.150. The van der Waals surface area contributed by atoms with Crippen LogP contribution in [0, 0.1) is 0 Å². The standard InChI is InChI=1S/C20H24BrN3O2S/c1-14(2)22-19(25)12-24(3)13-20(26)23-16-6-10-18(11-7-16)27-17-8-4-15(21)5-9-17/h4-11,14H,12-13H2,1-3H3,(H,22,25)(H,23,26). The molecule has 144 valence electrons. The highest BCUT2D eigenvalue weighted by atomic mass is 79.9. The van der Waals surface area contributed by atoms with Crippen LogP contribution in [0.5, 0.6) is 0 Å². The highest BCUT2D eigenvalue weighted by Crippen LogP contribution is 2.29. The molecule has 0 aliphatic rings.